The van der Waals surface area contributed by atoms with Crippen LogP contribution in [-0.4, -0.2) is 27.4 Å². The smallest absolute Gasteiger partial charge is 0.278 e. The van der Waals surface area contributed by atoms with Gasteiger partial charge in [-0.3, -0.25) is 9.59 Å². The largest absolute Gasteiger partial charge is 0.505 e. The van der Waals surface area contributed by atoms with E-state index in [0.29, 0.717) is 25.1 Å². The van der Waals surface area contributed by atoms with Crippen LogP contribution in [0.2, 0.25) is 0 Å². The molecule has 2 aromatic carbocycles. The number of hydrogen-bond acceptors (Lipinski definition) is 5. The highest BCUT2D eigenvalue weighted by Crippen LogP contribution is 2.28. The Hall–Kier alpha value is -3.71. The number of nitrogens with one attached hydrogen (secondary N) is 2. The molecule has 0 spiro atoms. The lowest BCUT2D eigenvalue weighted by Crippen LogP contribution is -2.54. The molecular formula is C23H22N4O3. The minimum Gasteiger partial charge on any atom is -0.505 e. The third-order valence-electron chi connectivity index (χ3n) is 5.25. The number of fused-ring (bicyclic) bond motifs is 1. The summed E-state index contributed by atoms with van der Waals surface area (Å²) in [7, 11) is 0. The predicted octanol–water partition coefficient (Wildman–Crippen LogP) is 2.15. The first kappa shape index (κ1) is 19.6. The van der Waals surface area contributed by atoms with Crippen molar-refractivity contribution in [2.75, 3.05) is 5.32 Å². The van der Waals surface area contributed by atoms with E-state index in [9.17, 15) is 14.7 Å². The molecular weight excluding hydrogens is 380 g/mol. The molecule has 5 N–H and O–H groups in total. The van der Waals surface area contributed by atoms with Gasteiger partial charge in [0.15, 0.2) is 5.69 Å². The highest BCUT2D eigenvalue weighted by atomic mass is 16.3. The first-order valence-corrected chi connectivity index (χ1v) is 9.63. The quantitative estimate of drug-likeness (QED) is 0.522. The lowest BCUT2D eigenvalue weighted by molar-refractivity contribution is -0.126. The van der Waals surface area contributed by atoms with Gasteiger partial charge in [-0.1, -0.05) is 36.4 Å². The Morgan fingerprint density at radius 1 is 1.00 bits per heavy atom. The molecule has 2 amide bonds. The Balaban J connectivity index is 1.34. The number of anilines is 1. The summed E-state index contributed by atoms with van der Waals surface area (Å²) in [6, 6.07) is 17.9. The summed E-state index contributed by atoms with van der Waals surface area (Å²) in [6.45, 7) is 0.337. The predicted molar refractivity (Wildman–Crippen MR) is 113 cm³/mol. The Bertz CT molecular complexity index is 1070. The molecule has 4 rings (SSSR count). The average molecular weight is 402 g/mol. The standard InChI is InChI=1S/C23H22N4O3/c24-23(12-16-4-1-2-5-17(16)13-23)22(30)26-14-15-7-9-18(10-8-15)27-21(29)20-19(28)6-3-11-25-20/h1-11,28H,12-14,24H2,(H,26,30)(H,27,29). The van der Waals surface area contributed by atoms with E-state index < -0.39 is 11.4 Å². The zero-order valence-corrected chi connectivity index (χ0v) is 16.3. The van der Waals surface area contributed by atoms with Crippen molar-refractivity contribution in [3.05, 3.63) is 89.2 Å². The van der Waals surface area contributed by atoms with Crippen molar-refractivity contribution in [2.45, 2.75) is 24.9 Å². The second-order valence-electron chi connectivity index (χ2n) is 7.48. The fraction of sp³-hybridized carbons (Fsp3) is 0.174. The van der Waals surface area contributed by atoms with Gasteiger partial charge in [0.2, 0.25) is 5.91 Å². The lowest BCUT2D eigenvalue weighted by Gasteiger charge is -2.22. The van der Waals surface area contributed by atoms with Crippen LogP contribution < -0.4 is 16.4 Å². The van der Waals surface area contributed by atoms with Crippen LogP contribution in [0.15, 0.2) is 66.9 Å². The minimum absolute atomic E-state index is 0.0420. The van der Waals surface area contributed by atoms with Crippen molar-refractivity contribution in [3.63, 3.8) is 0 Å². The number of carbonyl (C=O) groups excluding carboxylic acids is 2. The topological polar surface area (TPSA) is 117 Å². The molecule has 0 unspecified atom stereocenters. The monoisotopic (exact) mass is 402 g/mol. The maximum absolute atomic E-state index is 12.7. The summed E-state index contributed by atoms with van der Waals surface area (Å²) in [6.07, 6.45) is 2.49. The molecule has 3 aromatic rings. The van der Waals surface area contributed by atoms with E-state index in [1.807, 2.05) is 24.3 Å². The summed E-state index contributed by atoms with van der Waals surface area (Å²) in [4.78, 5) is 28.8. The van der Waals surface area contributed by atoms with E-state index in [-0.39, 0.29) is 17.4 Å². The molecule has 1 aliphatic rings. The van der Waals surface area contributed by atoms with Gasteiger partial charge < -0.3 is 21.5 Å². The second-order valence-corrected chi connectivity index (χ2v) is 7.48. The van der Waals surface area contributed by atoms with Crippen LogP contribution in [0.3, 0.4) is 0 Å². The number of carbonyl (C=O) groups is 2. The van der Waals surface area contributed by atoms with Crippen molar-refractivity contribution >= 4 is 17.5 Å². The lowest BCUT2D eigenvalue weighted by atomic mass is 9.96. The molecule has 152 valence electrons. The molecule has 1 aromatic heterocycles. The average Bonchev–Trinajstić information content (AvgIpc) is 3.10. The highest BCUT2D eigenvalue weighted by molar-refractivity contribution is 6.04. The van der Waals surface area contributed by atoms with Gasteiger partial charge >= 0.3 is 0 Å². The van der Waals surface area contributed by atoms with Crippen LogP contribution in [-0.2, 0) is 24.2 Å². The molecule has 0 bridgehead atoms. The number of nitrogens with zero attached hydrogens (tertiary/aromatic N) is 1. The molecule has 0 aliphatic heterocycles. The van der Waals surface area contributed by atoms with Gasteiger partial charge in [-0.25, -0.2) is 4.98 Å². The number of benzene rings is 2. The Kier molecular flexibility index (Phi) is 5.20. The summed E-state index contributed by atoms with van der Waals surface area (Å²) in [5.41, 5.74) is 9.08. The van der Waals surface area contributed by atoms with E-state index in [1.54, 1.807) is 30.3 Å². The maximum Gasteiger partial charge on any atom is 0.278 e. The van der Waals surface area contributed by atoms with E-state index in [1.165, 1.54) is 12.3 Å². The normalized spacial score (nSPS) is 14.0. The molecule has 0 atom stereocenters. The van der Waals surface area contributed by atoms with E-state index >= 15 is 0 Å². The zero-order valence-electron chi connectivity index (χ0n) is 16.3. The molecule has 1 aliphatic carbocycles. The van der Waals surface area contributed by atoms with Crippen LogP contribution in [0.25, 0.3) is 0 Å². The fourth-order valence-corrected chi connectivity index (χ4v) is 3.63. The maximum atomic E-state index is 12.7. The van der Waals surface area contributed by atoms with E-state index in [4.69, 9.17) is 5.73 Å². The Morgan fingerprint density at radius 2 is 1.67 bits per heavy atom. The van der Waals surface area contributed by atoms with Gasteiger partial charge in [0.25, 0.3) is 5.91 Å². The Morgan fingerprint density at radius 3 is 2.30 bits per heavy atom. The van der Waals surface area contributed by atoms with Gasteiger partial charge in [0.1, 0.15) is 11.3 Å². The molecule has 1 heterocycles. The van der Waals surface area contributed by atoms with Crippen LogP contribution in [0.1, 0.15) is 27.2 Å². The van der Waals surface area contributed by atoms with Crippen LogP contribution in [0.4, 0.5) is 5.69 Å². The molecule has 30 heavy (non-hydrogen) atoms. The van der Waals surface area contributed by atoms with Crippen molar-refractivity contribution in [1.82, 2.24) is 10.3 Å². The van der Waals surface area contributed by atoms with Gasteiger partial charge in [-0.2, -0.15) is 0 Å². The van der Waals surface area contributed by atoms with Gasteiger partial charge in [-0.05, 0) is 53.8 Å². The van der Waals surface area contributed by atoms with Crippen LogP contribution in [0, 0.1) is 0 Å². The van der Waals surface area contributed by atoms with Gasteiger partial charge in [0.05, 0.1) is 0 Å². The first-order chi connectivity index (χ1) is 14.4. The fourth-order valence-electron chi connectivity index (χ4n) is 3.63. The first-order valence-electron chi connectivity index (χ1n) is 9.63. The van der Waals surface area contributed by atoms with Crippen LogP contribution >= 0.6 is 0 Å². The summed E-state index contributed by atoms with van der Waals surface area (Å²) >= 11 is 0. The number of amides is 2. The third-order valence-corrected chi connectivity index (χ3v) is 5.25. The van der Waals surface area contributed by atoms with Crippen molar-refractivity contribution in [1.29, 1.82) is 0 Å². The van der Waals surface area contributed by atoms with Gasteiger partial charge in [-0.15, -0.1) is 0 Å². The van der Waals surface area contributed by atoms with Crippen LogP contribution in [0.5, 0.6) is 5.75 Å². The SMILES string of the molecule is NC1(C(=O)NCc2ccc(NC(=O)c3ncccc3O)cc2)Cc2ccccc2C1. The molecule has 7 heteroatoms. The molecule has 0 saturated heterocycles. The number of rotatable bonds is 5. The summed E-state index contributed by atoms with van der Waals surface area (Å²) in [5.74, 6) is -0.860. The van der Waals surface area contributed by atoms with Crippen molar-refractivity contribution in [2.24, 2.45) is 5.73 Å². The van der Waals surface area contributed by atoms with E-state index in [2.05, 4.69) is 15.6 Å². The molecule has 7 nitrogen and oxygen atoms in total. The number of aromatic hydroxyl groups is 1. The molecule has 0 radical (unpaired) electrons. The third kappa shape index (κ3) is 4.01. The van der Waals surface area contributed by atoms with Crippen molar-refractivity contribution in [3.8, 4) is 5.75 Å². The number of aromatic nitrogens is 1. The number of pyridine rings is 1. The summed E-state index contributed by atoms with van der Waals surface area (Å²) < 4.78 is 0. The molecule has 0 saturated carbocycles. The number of hydrogen-bond donors (Lipinski definition) is 4. The highest BCUT2D eigenvalue weighted by Gasteiger charge is 2.39. The zero-order chi connectivity index (χ0) is 21.1. The molecule has 0 fully saturated rings. The number of nitrogens with two attached hydrogens (primary N) is 1. The second kappa shape index (κ2) is 7.96. The van der Waals surface area contributed by atoms with Gasteiger partial charge in [0, 0.05) is 18.4 Å². The minimum atomic E-state index is -0.928. The summed E-state index contributed by atoms with van der Waals surface area (Å²) in [5, 5.41) is 15.3. The Labute approximate surface area is 174 Å². The van der Waals surface area contributed by atoms with E-state index in [0.717, 1.165) is 16.7 Å². The van der Waals surface area contributed by atoms with Crippen molar-refractivity contribution < 1.29 is 14.7 Å².